The summed E-state index contributed by atoms with van der Waals surface area (Å²) in [5, 5.41) is 32.9. The quantitative estimate of drug-likeness (QED) is 0.488. The number of methoxy groups -OCH3 is 1. The molecule has 1 aliphatic rings. The Morgan fingerprint density at radius 1 is 1.19 bits per heavy atom. The van der Waals surface area contributed by atoms with Gasteiger partial charge in [0.25, 0.3) is 0 Å². The molecule has 2 rings (SSSR count). The van der Waals surface area contributed by atoms with Gasteiger partial charge in [0.05, 0.1) is 32.0 Å². The normalized spacial score (nSPS) is 26.0. The van der Waals surface area contributed by atoms with Gasteiger partial charge in [0.1, 0.15) is 5.75 Å². The van der Waals surface area contributed by atoms with E-state index in [1.54, 1.807) is 7.11 Å². The lowest BCUT2D eigenvalue weighted by Crippen LogP contribution is -2.44. The van der Waals surface area contributed by atoms with Gasteiger partial charge < -0.3 is 25.4 Å². The molecule has 1 saturated heterocycles. The fraction of sp³-hybridized carbons (Fsp3) is 0.632. The second-order valence-electron chi connectivity index (χ2n) is 6.65. The first-order valence-electron chi connectivity index (χ1n) is 9.14. The van der Waals surface area contributed by atoms with Crippen molar-refractivity contribution in [2.45, 2.75) is 50.5 Å². The fourth-order valence-electron chi connectivity index (χ4n) is 3.59. The summed E-state index contributed by atoms with van der Waals surface area (Å²) in [5.41, 5.74) is 1.16. The molecule has 0 saturated carbocycles. The van der Waals surface area contributed by atoms with E-state index in [9.17, 15) is 20.1 Å². The van der Waals surface area contributed by atoms with E-state index in [0.717, 1.165) is 24.2 Å². The molecule has 1 heterocycles. The second-order valence-corrected chi connectivity index (χ2v) is 6.65. The van der Waals surface area contributed by atoms with Crippen LogP contribution in [0.4, 0.5) is 0 Å². The first-order valence-corrected chi connectivity index (χ1v) is 9.14. The van der Waals surface area contributed by atoms with E-state index >= 15 is 0 Å². The summed E-state index contributed by atoms with van der Waals surface area (Å²) in [6.07, 6.45) is -0.394. The number of hydrogen-bond donors (Lipinski definition) is 4. The Labute approximate surface area is 154 Å². The van der Waals surface area contributed by atoms with Crippen LogP contribution in [0.25, 0.3) is 0 Å². The molecule has 4 atom stereocenters. The van der Waals surface area contributed by atoms with Crippen molar-refractivity contribution in [2.24, 2.45) is 0 Å². The lowest BCUT2D eigenvalue weighted by Gasteiger charge is -2.29. The highest BCUT2D eigenvalue weighted by molar-refractivity contribution is 5.76. The number of nitrogens with one attached hydrogen (secondary N) is 1. The van der Waals surface area contributed by atoms with Crippen LogP contribution >= 0.6 is 0 Å². The van der Waals surface area contributed by atoms with Gasteiger partial charge in [0.2, 0.25) is 5.91 Å². The van der Waals surface area contributed by atoms with Crippen molar-refractivity contribution in [3.63, 3.8) is 0 Å². The lowest BCUT2D eigenvalue weighted by molar-refractivity contribution is -0.123. The summed E-state index contributed by atoms with van der Waals surface area (Å²) in [6.45, 7) is 2.67. The molecule has 7 nitrogen and oxygen atoms in total. The summed E-state index contributed by atoms with van der Waals surface area (Å²) in [4.78, 5) is 13.8. The van der Waals surface area contributed by atoms with Gasteiger partial charge in [0.15, 0.2) is 0 Å². The molecule has 1 aliphatic heterocycles. The number of rotatable bonds is 9. The van der Waals surface area contributed by atoms with Crippen molar-refractivity contribution in [1.82, 2.24) is 10.2 Å². The molecule has 4 N–H and O–H groups in total. The average Bonchev–Trinajstić information content (AvgIpc) is 2.86. The maximum atomic E-state index is 11.9. The number of aliphatic hydroxyl groups excluding tert-OH is 3. The van der Waals surface area contributed by atoms with Crippen molar-refractivity contribution in [3.05, 3.63) is 29.8 Å². The first kappa shape index (κ1) is 20.6. The zero-order valence-corrected chi connectivity index (χ0v) is 15.5. The van der Waals surface area contributed by atoms with Crippen LogP contribution in [0, 0.1) is 0 Å². The third-order valence-electron chi connectivity index (χ3n) is 4.99. The molecule has 0 aromatic heterocycles. The zero-order chi connectivity index (χ0) is 19.1. The molecule has 26 heavy (non-hydrogen) atoms. The van der Waals surface area contributed by atoms with Gasteiger partial charge in [-0.2, -0.15) is 0 Å². The van der Waals surface area contributed by atoms with E-state index in [4.69, 9.17) is 4.74 Å². The average molecular weight is 366 g/mol. The number of carbonyl (C=O) groups excluding carboxylic acids is 1. The molecule has 0 radical (unpaired) electrons. The molecule has 7 heteroatoms. The molecular formula is C19H30N2O5. The summed E-state index contributed by atoms with van der Waals surface area (Å²) in [5.74, 6) is 0.643. The molecule has 146 valence electrons. The number of benzene rings is 1. The maximum Gasteiger partial charge on any atom is 0.221 e. The van der Waals surface area contributed by atoms with E-state index in [-0.39, 0.29) is 18.9 Å². The summed E-state index contributed by atoms with van der Waals surface area (Å²) >= 11 is 0. The highest BCUT2D eigenvalue weighted by Crippen LogP contribution is 2.28. The predicted molar refractivity (Wildman–Crippen MR) is 98.0 cm³/mol. The maximum absolute atomic E-state index is 11.9. The number of aliphatic hydroxyl groups is 3. The Bertz CT molecular complexity index is 566. The smallest absolute Gasteiger partial charge is 0.221 e. The number of ether oxygens (including phenoxy) is 1. The zero-order valence-electron chi connectivity index (χ0n) is 15.5. The highest BCUT2D eigenvalue weighted by Gasteiger charge is 2.47. The van der Waals surface area contributed by atoms with Gasteiger partial charge >= 0.3 is 0 Å². The minimum atomic E-state index is -1.06. The van der Waals surface area contributed by atoms with Crippen molar-refractivity contribution in [1.29, 1.82) is 0 Å². The third-order valence-corrected chi connectivity index (χ3v) is 4.99. The van der Waals surface area contributed by atoms with E-state index in [0.29, 0.717) is 13.1 Å². The lowest BCUT2D eigenvalue weighted by atomic mass is 10.1. The largest absolute Gasteiger partial charge is 0.497 e. The summed E-state index contributed by atoms with van der Waals surface area (Å²) < 4.78 is 5.15. The molecule has 1 unspecified atom stereocenters. The van der Waals surface area contributed by atoms with Gasteiger partial charge in [-0.3, -0.25) is 9.69 Å². The van der Waals surface area contributed by atoms with Crippen LogP contribution in [-0.2, 0) is 11.2 Å². The van der Waals surface area contributed by atoms with Gasteiger partial charge in [0, 0.05) is 19.0 Å². The number of nitrogens with zero attached hydrogens (tertiary/aromatic N) is 1. The molecule has 1 aromatic rings. The summed E-state index contributed by atoms with van der Waals surface area (Å²) in [6, 6.07) is 6.77. The topological polar surface area (TPSA) is 102 Å². The minimum Gasteiger partial charge on any atom is -0.497 e. The SMILES string of the molecule is CCNC(=O)CC1[C@@H](O)[C@H](O)[C@@H](CO)N1CCCc1ccc(OC)cc1. The molecular weight excluding hydrogens is 336 g/mol. The Morgan fingerprint density at radius 3 is 2.42 bits per heavy atom. The Hall–Kier alpha value is -1.67. The molecule has 0 spiro atoms. The standard InChI is InChI=1S/C19H30N2O5/c1-3-20-17(23)11-15-18(24)19(25)16(12-22)21(15)10-4-5-13-6-8-14(26-2)9-7-13/h6-9,15-16,18-19,22,24-25H,3-5,10-12H2,1-2H3,(H,20,23)/t15?,16-,18-,19-/m1/s1. The highest BCUT2D eigenvalue weighted by atomic mass is 16.5. The van der Waals surface area contributed by atoms with Crippen LogP contribution in [0.1, 0.15) is 25.3 Å². The van der Waals surface area contributed by atoms with Crippen LogP contribution in [-0.4, -0.2) is 77.2 Å². The van der Waals surface area contributed by atoms with Crippen molar-refractivity contribution in [3.8, 4) is 5.75 Å². The van der Waals surface area contributed by atoms with Crippen LogP contribution in [0.3, 0.4) is 0 Å². The molecule has 1 aromatic carbocycles. The van der Waals surface area contributed by atoms with Gasteiger partial charge in [-0.05, 0) is 44.0 Å². The first-order chi connectivity index (χ1) is 12.5. The number of hydrogen-bond acceptors (Lipinski definition) is 6. The van der Waals surface area contributed by atoms with Crippen LogP contribution < -0.4 is 10.1 Å². The third kappa shape index (κ3) is 4.94. The molecule has 1 amide bonds. The molecule has 0 bridgehead atoms. The monoisotopic (exact) mass is 366 g/mol. The predicted octanol–water partition coefficient (Wildman–Crippen LogP) is -0.0791. The van der Waals surface area contributed by atoms with Crippen molar-refractivity contribution >= 4 is 5.91 Å². The van der Waals surface area contributed by atoms with E-state index in [1.165, 1.54) is 0 Å². The number of likely N-dealkylation sites (tertiary alicyclic amines) is 1. The van der Waals surface area contributed by atoms with Crippen molar-refractivity contribution in [2.75, 3.05) is 26.8 Å². The Balaban J connectivity index is 1.98. The fourth-order valence-corrected chi connectivity index (χ4v) is 3.59. The number of aryl methyl sites for hydroxylation is 1. The molecule has 1 fully saturated rings. The molecule has 0 aliphatic carbocycles. The number of amides is 1. The van der Waals surface area contributed by atoms with Crippen LogP contribution in [0.2, 0.25) is 0 Å². The Kier molecular flexibility index (Phi) is 7.84. The van der Waals surface area contributed by atoms with Crippen LogP contribution in [0.5, 0.6) is 5.75 Å². The number of carbonyl (C=O) groups is 1. The van der Waals surface area contributed by atoms with Crippen molar-refractivity contribution < 1.29 is 24.9 Å². The summed E-state index contributed by atoms with van der Waals surface area (Å²) in [7, 11) is 1.63. The Morgan fingerprint density at radius 2 is 1.85 bits per heavy atom. The van der Waals surface area contributed by atoms with Gasteiger partial charge in [-0.25, -0.2) is 0 Å². The van der Waals surface area contributed by atoms with Gasteiger partial charge in [-0.15, -0.1) is 0 Å². The van der Waals surface area contributed by atoms with E-state index in [2.05, 4.69) is 5.32 Å². The van der Waals surface area contributed by atoms with Crippen LogP contribution in [0.15, 0.2) is 24.3 Å². The second kappa shape index (κ2) is 9.87. The van der Waals surface area contributed by atoms with Gasteiger partial charge in [-0.1, -0.05) is 12.1 Å². The van der Waals surface area contributed by atoms with E-state index in [1.807, 2.05) is 36.1 Å². The minimum absolute atomic E-state index is 0.102. The van der Waals surface area contributed by atoms with E-state index < -0.39 is 24.3 Å².